The van der Waals surface area contributed by atoms with Gasteiger partial charge in [-0.3, -0.25) is 23.7 Å². The lowest BCUT2D eigenvalue weighted by atomic mass is 9.98. The summed E-state index contributed by atoms with van der Waals surface area (Å²) in [7, 11) is -4.71. The van der Waals surface area contributed by atoms with Gasteiger partial charge >= 0.3 is 19.4 Å². The topological polar surface area (TPSA) is 158 Å². The molecule has 0 amide bonds. The van der Waals surface area contributed by atoms with E-state index in [1.807, 2.05) is 4.98 Å². The third-order valence-electron chi connectivity index (χ3n) is 5.38. The quantitative estimate of drug-likeness (QED) is 0.271. The van der Waals surface area contributed by atoms with Gasteiger partial charge in [-0.2, -0.15) is 5.09 Å². The molecule has 2 aromatic rings. The molecule has 12 nitrogen and oxygen atoms in total. The van der Waals surface area contributed by atoms with E-state index in [9.17, 15) is 32.8 Å². The van der Waals surface area contributed by atoms with Gasteiger partial charge in [-0.25, -0.2) is 22.5 Å². The Morgan fingerprint density at radius 3 is 2.47 bits per heavy atom. The van der Waals surface area contributed by atoms with E-state index in [2.05, 4.69) is 5.09 Å². The minimum absolute atomic E-state index is 0.0410. The molecule has 6 atom stereocenters. The van der Waals surface area contributed by atoms with Crippen molar-refractivity contribution in [3.63, 3.8) is 0 Å². The number of nitrogens with one attached hydrogen (secondary N) is 2. The number of aromatic nitrogens is 2. The van der Waals surface area contributed by atoms with Gasteiger partial charge in [-0.05, 0) is 32.9 Å². The minimum atomic E-state index is -4.71. The molecule has 38 heavy (non-hydrogen) atoms. The van der Waals surface area contributed by atoms with Crippen LogP contribution in [0.5, 0.6) is 5.75 Å². The Kier molecular flexibility index (Phi) is 9.21. The first kappa shape index (κ1) is 29.6. The van der Waals surface area contributed by atoms with Crippen molar-refractivity contribution < 1.29 is 46.2 Å². The van der Waals surface area contributed by atoms with Crippen molar-refractivity contribution in [3.05, 3.63) is 63.4 Å². The van der Waals surface area contributed by atoms with E-state index in [0.29, 0.717) is 4.57 Å². The average molecular weight is 565 g/mol. The number of nitrogens with zero attached hydrogens (tertiary/aromatic N) is 1. The number of hydrogen-bond acceptors (Lipinski definition) is 9. The van der Waals surface area contributed by atoms with Crippen LogP contribution in [-0.4, -0.2) is 63.7 Å². The minimum Gasteiger partial charge on any atom is -0.462 e. The SMILES string of the molecule is CC(C)OC(=O)[C@H](C)NP(=O)(OC[C@@]1(C(F)F)O[C@@H](n2ccc(=O)[nH]c2=O)[C@H](O)[C@@H]1F)Oc1ccccc1. The number of para-hydroxylation sites is 1. The number of carbonyl (C=O) groups is 1. The summed E-state index contributed by atoms with van der Waals surface area (Å²) >= 11 is 0. The second-order valence-electron chi connectivity index (χ2n) is 8.69. The van der Waals surface area contributed by atoms with Crippen molar-refractivity contribution >= 4 is 13.7 Å². The summed E-state index contributed by atoms with van der Waals surface area (Å²) in [5, 5.41) is 12.6. The number of benzene rings is 1. The molecule has 1 aliphatic heterocycles. The molecule has 210 valence electrons. The fourth-order valence-corrected chi connectivity index (χ4v) is 5.04. The van der Waals surface area contributed by atoms with Crippen LogP contribution in [0, 0.1) is 0 Å². The van der Waals surface area contributed by atoms with E-state index in [1.54, 1.807) is 19.9 Å². The van der Waals surface area contributed by atoms with Gasteiger partial charge in [-0.1, -0.05) is 18.2 Å². The summed E-state index contributed by atoms with van der Waals surface area (Å²) in [4.78, 5) is 37.5. The van der Waals surface area contributed by atoms with E-state index in [4.69, 9.17) is 18.5 Å². The molecule has 1 aromatic heterocycles. The first-order chi connectivity index (χ1) is 17.8. The molecule has 1 fully saturated rings. The van der Waals surface area contributed by atoms with Crippen LogP contribution >= 0.6 is 7.75 Å². The van der Waals surface area contributed by atoms with Crippen LogP contribution in [0.3, 0.4) is 0 Å². The summed E-state index contributed by atoms with van der Waals surface area (Å²) in [6, 6.07) is 6.88. The molecule has 3 N–H and O–H groups in total. The summed E-state index contributed by atoms with van der Waals surface area (Å²) in [5.74, 6) is -0.904. The molecule has 1 aromatic carbocycles. The van der Waals surface area contributed by atoms with Crippen LogP contribution in [0.2, 0.25) is 0 Å². The number of H-pyrrole nitrogens is 1. The van der Waals surface area contributed by atoms with E-state index in [0.717, 1.165) is 12.3 Å². The van der Waals surface area contributed by atoms with Crippen LogP contribution in [0.4, 0.5) is 13.2 Å². The smallest absolute Gasteiger partial charge is 0.459 e. The third-order valence-corrected chi connectivity index (χ3v) is 7.00. The number of aromatic amines is 1. The van der Waals surface area contributed by atoms with Crippen molar-refractivity contribution in [1.82, 2.24) is 14.6 Å². The predicted octanol–water partition coefficient (Wildman–Crippen LogP) is 1.90. The van der Waals surface area contributed by atoms with Gasteiger partial charge in [0.15, 0.2) is 18.0 Å². The number of aliphatic hydroxyl groups is 1. The van der Waals surface area contributed by atoms with Crippen LogP contribution in [-0.2, 0) is 23.4 Å². The second-order valence-corrected chi connectivity index (χ2v) is 10.4. The molecule has 1 aliphatic rings. The molecule has 0 radical (unpaired) electrons. The Balaban J connectivity index is 1.90. The Morgan fingerprint density at radius 2 is 1.89 bits per heavy atom. The molecule has 0 bridgehead atoms. The van der Waals surface area contributed by atoms with Crippen LogP contribution in [0.1, 0.15) is 27.0 Å². The number of alkyl halides is 3. The summed E-state index contributed by atoms with van der Waals surface area (Å²) < 4.78 is 78.6. The first-order valence-electron chi connectivity index (χ1n) is 11.3. The summed E-state index contributed by atoms with van der Waals surface area (Å²) in [6.07, 6.45) is -10.5. The van der Waals surface area contributed by atoms with Gasteiger partial charge < -0.3 is 19.1 Å². The number of ether oxygens (including phenoxy) is 2. The predicted molar refractivity (Wildman–Crippen MR) is 126 cm³/mol. The van der Waals surface area contributed by atoms with Crippen molar-refractivity contribution in [2.75, 3.05) is 6.61 Å². The Labute approximate surface area is 214 Å². The molecular weight excluding hydrogens is 538 g/mol. The number of carbonyl (C=O) groups excluding carboxylic acids is 1. The molecule has 16 heteroatoms. The lowest BCUT2D eigenvalue weighted by Gasteiger charge is -2.31. The molecule has 1 saturated heterocycles. The van der Waals surface area contributed by atoms with Crippen molar-refractivity contribution in [3.8, 4) is 5.75 Å². The maximum Gasteiger partial charge on any atom is 0.459 e. The van der Waals surface area contributed by atoms with Gasteiger partial charge in [0.25, 0.3) is 12.0 Å². The van der Waals surface area contributed by atoms with E-state index in [1.165, 1.54) is 31.2 Å². The van der Waals surface area contributed by atoms with Crippen LogP contribution < -0.4 is 20.9 Å². The maximum atomic E-state index is 15.2. The first-order valence-corrected chi connectivity index (χ1v) is 12.9. The lowest BCUT2D eigenvalue weighted by Crippen LogP contribution is -2.51. The Bertz CT molecular complexity index is 1280. The summed E-state index contributed by atoms with van der Waals surface area (Å²) in [6.45, 7) is 2.95. The lowest BCUT2D eigenvalue weighted by molar-refractivity contribution is -0.183. The van der Waals surface area contributed by atoms with Crippen LogP contribution in [0.15, 0.2) is 52.2 Å². The highest BCUT2D eigenvalue weighted by molar-refractivity contribution is 7.52. The monoisotopic (exact) mass is 565 g/mol. The van der Waals surface area contributed by atoms with Gasteiger partial charge in [0.05, 0.1) is 12.7 Å². The Hall–Kier alpha value is -2.97. The van der Waals surface area contributed by atoms with E-state index < -0.39 is 74.2 Å². The van der Waals surface area contributed by atoms with Crippen molar-refractivity contribution in [2.45, 2.75) is 63.4 Å². The average Bonchev–Trinajstić information content (AvgIpc) is 3.09. The zero-order valence-corrected chi connectivity index (χ0v) is 21.3. The van der Waals surface area contributed by atoms with E-state index >= 15 is 4.39 Å². The number of esters is 1. The highest BCUT2D eigenvalue weighted by Crippen LogP contribution is 2.49. The Morgan fingerprint density at radius 1 is 1.24 bits per heavy atom. The number of rotatable bonds is 11. The van der Waals surface area contributed by atoms with Gasteiger partial charge in [0.1, 0.15) is 17.9 Å². The zero-order valence-electron chi connectivity index (χ0n) is 20.5. The highest BCUT2D eigenvalue weighted by Gasteiger charge is 2.63. The molecule has 0 spiro atoms. The largest absolute Gasteiger partial charge is 0.462 e. The van der Waals surface area contributed by atoms with Gasteiger partial charge in [-0.15, -0.1) is 0 Å². The van der Waals surface area contributed by atoms with Crippen molar-refractivity contribution in [2.24, 2.45) is 0 Å². The molecule has 2 heterocycles. The van der Waals surface area contributed by atoms with E-state index in [-0.39, 0.29) is 5.75 Å². The maximum absolute atomic E-state index is 15.2. The fourth-order valence-electron chi connectivity index (χ4n) is 3.51. The number of aliphatic hydroxyl groups excluding tert-OH is 1. The number of hydrogen-bond donors (Lipinski definition) is 3. The zero-order chi connectivity index (χ0) is 28.3. The standard InChI is InChI=1S/C22H27F3N3O9P/c1-12(2)35-19(31)13(3)27-38(33,37-14-7-5-4-6-8-14)34-11-22(20(24)25)17(23)16(30)18(36-22)28-10-9-15(29)26-21(28)32/h4-10,12-13,16-18,20,30H,11H2,1-3H3,(H,27,33)(H,26,29,32)/t13-,16+,17-,18+,22+,38?/m0/s1. The molecule has 1 unspecified atom stereocenters. The highest BCUT2D eigenvalue weighted by atomic mass is 31.2. The second kappa shape index (κ2) is 11.8. The molecule has 0 aliphatic carbocycles. The number of halogens is 3. The van der Waals surface area contributed by atoms with Gasteiger partial charge in [0, 0.05) is 12.3 Å². The van der Waals surface area contributed by atoms with Crippen molar-refractivity contribution in [1.29, 1.82) is 0 Å². The fraction of sp³-hybridized carbons (Fsp3) is 0.500. The van der Waals surface area contributed by atoms with Gasteiger partial charge in [0.2, 0.25) is 0 Å². The summed E-state index contributed by atoms with van der Waals surface area (Å²) in [5.41, 5.74) is -5.20. The third kappa shape index (κ3) is 6.53. The molecular formula is C22H27F3N3O9P. The molecule has 0 saturated carbocycles. The normalized spacial score (nSPS) is 25.8. The molecule has 3 rings (SSSR count). The van der Waals surface area contributed by atoms with Crippen LogP contribution in [0.25, 0.3) is 0 Å².